The zero-order chi connectivity index (χ0) is 14.9. The molecule has 2 N–H and O–H groups in total. The van der Waals surface area contributed by atoms with Crippen LogP contribution in [0.25, 0.3) is 0 Å². The van der Waals surface area contributed by atoms with E-state index >= 15 is 0 Å². The van der Waals surface area contributed by atoms with Crippen LogP contribution in [0.4, 0.5) is 0 Å². The van der Waals surface area contributed by atoms with E-state index in [0.29, 0.717) is 16.5 Å². The van der Waals surface area contributed by atoms with E-state index in [2.05, 4.69) is 0 Å². The first-order valence-electron chi connectivity index (χ1n) is 6.69. The molecule has 3 atom stereocenters. The summed E-state index contributed by atoms with van der Waals surface area (Å²) in [5.41, 5.74) is 7.11. The SMILES string of the molecule is CS(=O)(=O)C1CCCC(C(N)c2cccc(Cl)c2Cl)C1. The molecule has 0 heterocycles. The number of hydrogen-bond donors (Lipinski definition) is 1. The molecule has 1 aromatic rings. The summed E-state index contributed by atoms with van der Waals surface area (Å²) < 4.78 is 23.4. The quantitative estimate of drug-likeness (QED) is 0.917. The second-order valence-electron chi connectivity index (χ2n) is 5.55. The second-order valence-corrected chi connectivity index (χ2v) is 8.66. The standard InChI is InChI=1S/C14H19Cl2NO2S/c1-20(18,19)10-5-2-4-9(8-10)14(17)11-6-3-7-12(15)13(11)16/h3,6-7,9-10,14H,2,4-5,8,17H2,1H3. The molecule has 20 heavy (non-hydrogen) atoms. The minimum Gasteiger partial charge on any atom is -0.324 e. The van der Waals surface area contributed by atoms with Gasteiger partial charge in [0.25, 0.3) is 0 Å². The summed E-state index contributed by atoms with van der Waals surface area (Å²) in [5, 5.41) is 0.670. The molecule has 0 aromatic heterocycles. The fourth-order valence-electron chi connectivity index (χ4n) is 2.93. The molecule has 0 aliphatic heterocycles. The first kappa shape index (κ1) is 16.1. The highest BCUT2D eigenvalue weighted by atomic mass is 35.5. The van der Waals surface area contributed by atoms with Gasteiger partial charge in [-0.2, -0.15) is 0 Å². The maximum absolute atomic E-state index is 11.7. The van der Waals surface area contributed by atoms with Crippen molar-refractivity contribution in [1.82, 2.24) is 0 Å². The lowest BCUT2D eigenvalue weighted by Crippen LogP contribution is -2.33. The molecule has 3 unspecified atom stereocenters. The van der Waals surface area contributed by atoms with Crippen molar-refractivity contribution >= 4 is 33.0 Å². The molecule has 0 saturated heterocycles. The fraction of sp³-hybridized carbons (Fsp3) is 0.571. The van der Waals surface area contributed by atoms with Crippen LogP contribution in [0, 0.1) is 5.92 Å². The Kier molecular flexibility index (Phi) is 5.00. The van der Waals surface area contributed by atoms with E-state index in [1.54, 1.807) is 6.07 Å². The average molecular weight is 336 g/mol. The molecule has 1 saturated carbocycles. The Labute approximate surface area is 130 Å². The van der Waals surface area contributed by atoms with Gasteiger partial charge in [0.2, 0.25) is 0 Å². The highest BCUT2D eigenvalue weighted by Crippen LogP contribution is 2.39. The van der Waals surface area contributed by atoms with Gasteiger partial charge in [-0.1, -0.05) is 41.8 Å². The smallest absolute Gasteiger partial charge is 0.150 e. The Morgan fingerprint density at radius 3 is 2.65 bits per heavy atom. The maximum Gasteiger partial charge on any atom is 0.150 e. The highest BCUT2D eigenvalue weighted by molar-refractivity contribution is 7.91. The zero-order valence-electron chi connectivity index (χ0n) is 11.4. The molecule has 0 amide bonds. The molecule has 0 spiro atoms. The normalized spacial score (nSPS) is 25.4. The van der Waals surface area contributed by atoms with Gasteiger partial charge >= 0.3 is 0 Å². The molecule has 6 heteroatoms. The minimum absolute atomic E-state index is 0.124. The van der Waals surface area contributed by atoms with Gasteiger partial charge < -0.3 is 5.73 Å². The first-order valence-corrected chi connectivity index (χ1v) is 9.40. The Hall–Kier alpha value is -0.290. The van der Waals surface area contributed by atoms with Crippen LogP contribution >= 0.6 is 23.2 Å². The van der Waals surface area contributed by atoms with Crippen molar-refractivity contribution in [3.05, 3.63) is 33.8 Å². The van der Waals surface area contributed by atoms with Crippen molar-refractivity contribution in [3.8, 4) is 0 Å². The van der Waals surface area contributed by atoms with Gasteiger partial charge in [-0.3, -0.25) is 0 Å². The molecule has 1 aliphatic carbocycles. The van der Waals surface area contributed by atoms with Crippen molar-refractivity contribution in [2.75, 3.05) is 6.26 Å². The molecular formula is C14H19Cl2NO2S. The van der Waals surface area contributed by atoms with Gasteiger partial charge in [0.15, 0.2) is 0 Å². The molecule has 1 fully saturated rings. The third-order valence-corrected chi connectivity index (χ3v) is 6.59. The van der Waals surface area contributed by atoms with Crippen LogP contribution in [-0.4, -0.2) is 19.9 Å². The second kappa shape index (κ2) is 6.22. The number of nitrogens with two attached hydrogens (primary N) is 1. The molecule has 2 rings (SSSR count). The third-order valence-electron chi connectivity index (χ3n) is 4.12. The number of hydrogen-bond acceptors (Lipinski definition) is 3. The Balaban J connectivity index is 2.21. The summed E-state index contributed by atoms with van der Waals surface area (Å²) in [6, 6.07) is 5.13. The topological polar surface area (TPSA) is 60.2 Å². The summed E-state index contributed by atoms with van der Waals surface area (Å²) in [5.74, 6) is 0.124. The van der Waals surface area contributed by atoms with Crippen molar-refractivity contribution < 1.29 is 8.42 Å². The summed E-state index contributed by atoms with van der Waals surface area (Å²) >= 11 is 12.2. The monoisotopic (exact) mass is 335 g/mol. The zero-order valence-corrected chi connectivity index (χ0v) is 13.7. The highest BCUT2D eigenvalue weighted by Gasteiger charge is 2.33. The van der Waals surface area contributed by atoms with Gasteiger partial charge in [0, 0.05) is 12.3 Å². The Bertz CT molecular complexity index is 589. The number of rotatable bonds is 3. The van der Waals surface area contributed by atoms with Crippen molar-refractivity contribution in [2.45, 2.75) is 37.0 Å². The summed E-state index contributed by atoms with van der Waals surface area (Å²) in [6.07, 6.45) is 4.44. The number of sulfone groups is 1. The molecule has 1 aromatic carbocycles. The van der Waals surface area contributed by atoms with E-state index in [1.807, 2.05) is 12.1 Å². The van der Waals surface area contributed by atoms with Gasteiger partial charge in [-0.25, -0.2) is 8.42 Å². The average Bonchev–Trinajstić information content (AvgIpc) is 2.40. The third kappa shape index (κ3) is 3.48. The van der Waals surface area contributed by atoms with Crippen LogP contribution in [0.3, 0.4) is 0 Å². The van der Waals surface area contributed by atoms with Crippen LogP contribution in [-0.2, 0) is 9.84 Å². The lowest BCUT2D eigenvalue weighted by atomic mass is 9.81. The Morgan fingerprint density at radius 2 is 2.00 bits per heavy atom. The number of benzene rings is 1. The molecule has 112 valence electrons. The van der Waals surface area contributed by atoms with Crippen molar-refractivity contribution in [1.29, 1.82) is 0 Å². The van der Waals surface area contributed by atoms with E-state index in [-0.39, 0.29) is 17.2 Å². The summed E-state index contributed by atoms with van der Waals surface area (Å²) in [6.45, 7) is 0. The summed E-state index contributed by atoms with van der Waals surface area (Å²) in [7, 11) is -3.01. The lowest BCUT2D eigenvalue weighted by molar-refractivity contribution is 0.309. The number of halogens is 2. The Morgan fingerprint density at radius 1 is 1.30 bits per heavy atom. The predicted octanol–water partition coefficient (Wildman–Crippen LogP) is 3.60. The first-order chi connectivity index (χ1) is 9.30. The minimum atomic E-state index is -3.01. The van der Waals surface area contributed by atoms with Gasteiger partial charge in [-0.15, -0.1) is 0 Å². The fourth-order valence-corrected chi connectivity index (χ4v) is 4.55. The molecular weight excluding hydrogens is 317 g/mol. The molecule has 0 radical (unpaired) electrons. The van der Waals surface area contributed by atoms with Crippen LogP contribution in [0.5, 0.6) is 0 Å². The van der Waals surface area contributed by atoms with Crippen LogP contribution in [0.1, 0.15) is 37.3 Å². The van der Waals surface area contributed by atoms with E-state index in [4.69, 9.17) is 28.9 Å². The lowest BCUT2D eigenvalue weighted by Gasteiger charge is -2.32. The van der Waals surface area contributed by atoms with Gasteiger partial charge in [-0.05, 0) is 36.8 Å². The van der Waals surface area contributed by atoms with Crippen LogP contribution < -0.4 is 5.73 Å². The predicted molar refractivity (Wildman–Crippen MR) is 84.0 cm³/mol. The van der Waals surface area contributed by atoms with Gasteiger partial charge in [0.1, 0.15) is 9.84 Å². The van der Waals surface area contributed by atoms with E-state index < -0.39 is 9.84 Å². The van der Waals surface area contributed by atoms with E-state index in [1.165, 1.54) is 6.26 Å². The maximum atomic E-state index is 11.7. The molecule has 1 aliphatic rings. The summed E-state index contributed by atoms with van der Waals surface area (Å²) in [4.78, 5) is 0. The van der Waals surface area contributed by atoms with Crippen LogP contribution in [0.2, 0.25) is 10.0 Å². The van der Waals surface area contributed by atoms with Crippen LogP contribution in [0.15, 0.2) is 18.2 Å². The molecule has 3 nitrogen and oxygen atoms in total. The van der Waals surface area contributed by atoms with E-state index in [9.17, 15) is 8.42 Å². The van der Waals surface area contributed by atoms with Crippen molar-refractivity contribution in [2.24, 2.45) is 11.7 Å². The largest absolute Gasteiger partial charge is 0.324 e. The van der Waals surface area contributed by atoms with Crippen molar-refractivity contribution in [3.63, 3.8) is 0 Å². The van der Waals surface area contributed by atoms with Gasteiger partial charge in [0.05, 0.1) is 15.3 Å². The van der Waals surface area contributed by atoms with E-state index in [0.717, 1.165) is 24.8 Å². The molecule has 0 bridgehead atoms.